The number of pyridine rings is 1. The lowest BCUT2D eigenvalue weighted by Crippen LogP contribution is -2.63. The Balaban J connectivity index is 1.41. The van der Waals surface area contributed by atoms with Crippen molar-refractivity contribution in [3.8, 4) is 34.4 Å². The lowest BCUT2D eigenvalue weighted by molar-refractivity contribution is 0.00537. The van der Waals surface area contributed by atoms with Crippen molar-refractivity contribution in [3.05, 3.63) is 41.5 Å². The topological polar surface area (TPSA) is 91.2 Å². The molecule has 0 spiro atoms. The molecule has 3 atom stereocenters. The highest BCUT2D eigenvalue weighted by Crippen LogP contribution is 2.47. The molecule has 2 fully saturated rings. The Kier molecular flexibility index (Phi) is 10.1. The van der Waals surface area contributed by atoms with Crippen LogP contribution in [0, 0.1) is 23.1 Å². The summed E-state index contributed by atoms with van der Waals surface area (Å²) in [5.41, 5.74) is 4.70. The van der Waals surface area contributed by atoms with Crippen molar-refractivity contribution in [2.45, 2.75) is 116 Å². The Labute approximate surface area is 323 Å². The molecule has 0 saturated carbocycles. The molecule has 0 N–H and O–H groups in total. The average molecular weight is 774 g/mol. The molecule has 2 saturated heterocycles. The van der Waals surface area contributed by atoms with Gasteiger partial charge in [-0.2, -0.15) is 5.10 Å². The van der Waals surface area contributed by atoms with Gasteiger partial charge in [-0.05, 0) is 73.8 Å². The maximum atomic E-state index is 17.4. The zero-order valence-corrected chi connectivity index (χ0v) is 34.8. The number of benzene rings is 2. The van der Waals surface area contributed by atoms with Crippen LogP contribution >= 0.6 is 0 Å². The van der Waals surface area contributed by atoms with Crippen LogP contribution < -0.4 is 14.4 Å². The van der Waals surface area contributed by atoms with Crippen LogP contribution in [-0.2, 0) is 16.5 Å². The quantitative estimate of drug-likeness (QED) is 0.105. The first-order chi connectivity index (χ1) is 26.0. The second-order valence-corrected chi connectivity index (χ2v) is 22.7. The van der Waals surface area contributed by atoms with Gasteiger partial charge in [-0.3, -0.25) is 9.58 Å². The molecule has 7 rings (SSSR count). The van der Waals surface area contributed by atoms with E-state index in [0.717, 1.165) is 12.8 Å². The number of anilines is 1. The molecule has 3 aliphatic heterocycles. The molecule has 2 bridgehead atoms. The number of hydrogen-bond acceptors (Lipinski definition) is 8. The fourth-order valence-electron chi connectivity index (χ4n) is 9.54. The molecule has 2 aromatic carbocycles. The number of carbonyl (C=O) groups is 1. The number of ether oxygens (including phenoxy) is 4. The molecular formula is C42H53F2N5O5Si. The van der Waals surface area contributed by atoms with Gasteiger partial charge in [0.1, 0.15) is 48.4 Å². The zero-order chi connectivity index (χ0) is 39.7. The van der Waals surface area contributed by atoms with Gasteiger partial charge < -0.3 is 23.8 Å². The monoisotopic (exact) mass is 773 g/mol. The number of hydrogen-bond donors (Lipinski definition) is 0. The number of amides is 1. The molecule has 294 valence electrons. The highest BCUT2D eigenvalue weighted by atomic mass is 28.3. The molecule has 0 unspecified atom stereocenters. The van der Waals surface area contributed by atoms with Crippen molar-refractivity contribution in [2.24, 2.45) is 7.05 Å². The van der Waals surface area contributed by atoms with E-state index in [4.69, 9.17) is 29.0 Å². The summed E-state index contributed by atoms with van der Waals surface area (Å²) in [6, 6.07) is 5.97. The van der Waals surface area contributed by atoms with E-state index in [1.807, 2.05) is 25.7 Å². The predicted octanol–water partition coefficient (Wildman–Crippen LogP) is 8.97. The molecule has 13 heteroatoms. The number of carbonyl (C=O) groups excluding carboxylic acids is 1. The van der Waals surface area contributed by atoms with Crippen molar-refractivity contribution >= 4 is 41.7 Å². The van der Waals surface area contributed by atoms with E-state index in [-0.39, 0.29) is 60.3 Å². The molecule has 0 aliphatic carbocycles. The predicted molar refractivity (Wildman–Crippen MR) is 213 cm³/mol. The van der Waals surface area contributed by atoms with Crippen LogP contribution in [-0.4, -0.2) is 84.6 Å². The largest absolute Gasteiger partial charge is 0.475 e. The lowest BCUT2D eigenvalue weighted by Gasteiger charge is -2.46. The molecule has 1 amide bonds. The van der Waals surface area contributed by atoms with Gasteiger partial charge in [-0.25, -0.2) is 18.6 Å². The van der Waals surface area contributed by atoms with Gasteiger partial charge in [0.15, 0.2) is 18.4 Å². The summed E-state index contributed by atoms with van der Waals surface area (Å²) in [7, 11) is 0.936. The SMILES string of the molecule is COCOc1cc(-c2nc3c4c(nn(C)c4c2F)N2C[C@H]4CC[C@@H]([C@H]2CO3)N4C(=O)OC(C)(C)C)c2c(C#C[Si](C(C)C)(C(C)C)C(C)C)c(F)ccc2c1. The molecular weight excluding hydrogens is 721 g/mol. The first kappa shape index (κ1) is 38.8. The van der Waals surface area contributed by atoms with Gasteiger partial charge >= 0.3 is 6.09 Å². The van der Waals surface area contributed by atoms with Crippen LogP contribution in [0.15, 0.2) is 24.3 Å². The van der Waals surface area contributed by atoms with Crippen LogP contribution in [0.4, 0.5) is 19.4 Å². The lowest BCUT2D eigenvalue weighted by atomic mass is 9.95. The van der Waals surface area contributed by atoms with Gasteiger partial charge in [0.2, 0.25) is 5.88 Å². The van der Waals surface area contributed by atoms with Crippen molar-refractivity contribution < 1.29 is 32.5 Å². The highest BCUT2D eigenvalue weighted by molar-refractivity contribution is 6.90. The number of halogens is 2. The van der Waals surface area contributed by atoms with Crippen LogP contribution in [0.3, 0.4) is 0 Å². The summed E-state index contributed by atoms with van der Waals surface area (Å²) in [5.74, 6) is 3.40. The average Bonchev–Trinajstić information content (AvgIpc) is 3.58. The number of aryl methyl sites for hydroxylation is 1. The summed E-state index contributed by atoms with van der Waals surface area (Å²) >= 11 is 0. The zero-order valence-electron chi connectivity index (χ0n) is 33.8. The summed E-state index contributed by atoms with van der Waals surface area (Å²) in [5, 5.41) is 6.39. The van der Waals surface area contributed by atoms with E-state index in [0.29, 0.717) is 56.5 Å². The Bertz CT molecular complexity index is 2200. The molecule has 4 aromatic rings. The number of piperazine rings is 1. The maximum absolute atomic E-state index is 17.4. The Morgan fingerprint density at radius 1 is 1.04 bits per heavy atom. The van der Waals surface area contributed by atoms with E-state index < -0.39 is 25.3 Å². The third-order valence-electron chi connectivity index (χ3n) is 11.8. The molecule has 55 heavy (non-hydrogen) atoms. The summed E-state index contributed by atoms with van der Waals surface area (Å²) in [4.78, 5) is 22.4. The normalized spacial score (nSPS) is 19.5. The standard InChI is InChI=1S/C42H53F2N5O5Si/c1-23(2)55(24(3)4,25(5)6)17-16-29-31(43)14-12-26-18-28(53-22-51-11)19-30(34(26)29)37-36(44)38-35-39(46-47(38)10)48-20-27-13-15-32(33(48)21-52-40(35)45-37)49(27)41(50)54-42(7,8)9/h12,14,18-19,23-25,27,32-33H,13,15,20-22H2,1-11H3/t27-,32+,33-/m1/s1. The van der Waals surface area contributed by atoms with E-state index in [9.17, 15) is 4.79 Å². The third-order valence-corrected chi connectivity index (χ3v) is 18.1. The van der Waals surface area contributed by atoms with Gasteiger partial charge in [0.25, 0.3) is 0 Å². The minimum Gasteiger partial charge on any atom is -0.475 e. The van der Waals surface area contributed by atoms with Crippen molar-refractivity contribution in [1.82, 2.24) is 19.7 Å². The van der Waals surface area contributed by atoms with Crippen LogP contribution in [0.5, 0.6) is 11.6 Å². The Morgan fingerprint density at radius 3 is 2.40 bits per heavy atom. The fraction of sp³-hybridized carbons (Fsp3) is 0.548. The maximum Gasteiger partial charge on any atom is 0.410 e. The number of rotatable bonds is 7. The van der Waals surface area contributed by atoms with Gasteiger partial charge in [-0.1, -0.05) is 53.5 Å². The van der Waals surface area contributed by atoms with Crippen LogP contribution in [0.2, 0.25) is 16.6 Å². The molecule has 0 radical (unpaired) electrons. The Hall–Kier alpha value is -4.41. The van der Waals surface area contributed by atoms with E-state index >= 15 is 8.78 Å². The van der Waals surface area contributed by atoms with Gasteiger partial charge in [0.05, 0.1) is 23.7 Å². The van der Waals surface area contributed by atoms with Crippen LogP contribution in [0.25, 0.3) is 32.9 Å². The summed E-state index contributed by atoms with van der Waals surface area (Å²) < 4.78 is 58.6. The van der Waals surface area contributed by atoms with Crippen molar-refractivity contribution in [3.63, 3.8) is 0 Å². The number of methoxy groups -OCH3 is 1. The molecule has 10 nitrogen and oxygen atoms in total. The first-order valence-corrected chi connectivity index (χ1v) is 21.6. The van der Waals surface area contributed by atoms with E-state index in [1.165, 1.54) is 17.9 Å². The first-order valence-electron chi connectivity index (χ1n) is 19.4. The second kappa shape index (κ2) is 14.3. The van der Waals surface area contributed by atoms with E-state index in [2.05, 4.69) is 57.9 Å². The summed E-state index contributed by atoms with van der Waals surface area (Å²) in [6.07, 6.45) is 1.25. The molecule has 5 heterocycles. The number of nitrogens with zero attached hydrogens (tertiary/aromatic N) is 5. The summed E-state index contributed by atoms with van der Waals surface area (Å²) in [6.45, 7) is 19.5. The van der Waals surface area contributed by atoms with Gasteiger partial charge in [-0.15, -0.1) is 5.54 Å². The van der Waals surface area contributed by atoms with Crippen LogP contribution in [0.1, 0.15) is 80.7 Å². The Morgan fingerprint density at radius 2 is 1.75 bits per heavy atom. The minimum atomic E-state index is -2.28. The molecule has 2 aromatic heterocycles. The highest BCUT2D eigenvalue weighted by Gasteiger charge is 2.52. The second-order valence-electron chi connectivity index (χ2n) is 17.2. The fourth-order valence-corrected chi connectivity index (χ4v) is 14.8. The number of fused-ring (bicyclic) bond motifs is 6. The smallest absolute Gasteiger partial charge is 0.410 e. The van der Waals surface area contributed by atoms with E-state index in [1.54, 1.807) is 25.2 Å². The van der Waals surface area contributed by atoms with Crippen molar-refractivity contribution in [2.75, 3.05) is 32.0 Å². The number of aromatic nitrogens is 3. The van der Waals surface area contributed by atoms with Gasteiger partial charge in [0, 0.05) is 31.7 Å². The van der Waals surface area contributed by atoms with Crippen molar-refractivity contribution in [1.29, 1.82) is 0 Å². The molecule has 3 aliphatic rings. The third kappa shape index (κ3) is 6.49. The minimum absolute atomic E-state index is 0.0320.